The van der Waals surface area contributed by atoms with Crippen LogP contribution in [0, 0.1) is 5.92 Å². The Balaban J connectivity index is 2.26. The third-order valence-corrected chi connectivity index (χ3v) is 3.39. The lowest BCUT2D eigenvalue weighted by molar-refractivity contribution is 0.0788. The largest absolute Gasteiger partial charge is 0.409 e. The molecule has 0 aliphatic rings. The highest BCUT2D eigenvalue weighted by Crippen LogP contribution is 2.18. The van der Waals surface area contributed by atoms with Crippen LogP contribution in [0.25, 0.3) is 10.9 Å². The molecule has 2 rings (SSSR count). The van der Waals surface area contributed by atoms with E-state index in [0.717, 1.165) is 10.9 Å². The lowest BCUT2D eigenvalue weighted by atomic mass is 10.1. The van der Waals surface area contributed by atoms with Gasteiger partial charge in [-0.15, -0.1) is 0 Å². The number of oxime groups is 1. The molecule has 0 saturated carbocycles. The third-order valence-electron chi connectivity index (χ3n) is 3.39. The van der Waals surface area contributed by atoms with Gasteiger partial charge in [0.25, 0.3) is 5.91 Å². The Kier molecular flexibility index (Phi) is 4.37. The summed E-state index contributed by atoms with van der Waals surface area (Å²) in [6, 6.07) is 9.20. The summed E-state index contributed by atoms with van der Waals surface area (Å²) in [6.07, 6.45) is 1.62. The zero-order valence-electron chi connectivity index (χ0n) is 12.0. The molecule has 1 atom stereocenters. The van der Waals surface area contributed by atoms with Crippen molar-refractivity contribution in [2.24, 2.45) is 16.8 Å². The third kappa shape index (κ3) is 3.10. The molecule has 1 aromatic heterocycles. The molecule has 1 amide bonds. The number of carbonyl (C=O) groups is 1. The molecular formula is C15H18N4O2. The summed E-state index contributed by atoms with van der Waals surface area (Å²) >= 11 is 0. The predicted octanol–water partition coefficient (Wildman–Crippen LogP) is 1.69. The molecule has 110 valence electrons. The van der Waals surface area contributed by atoms with E-state index in [1.165, 1.54) is 0 Å². The molecule has 0 radical (unpaired) electrons. The molecule has 2 aromatic rings. The highest BCUT2D eigenvalue weighted by Gasteiger charge is 2.18. The molecule has 21 heavy (non-hydrogen) atoms. The fourth-order valence-corrected chi connectivity index (χ4v) is 2.17. The number of amides is 1. The van der Waals surface area contributed by atoms with Crippen LogP contribution in [0.3, 0.4) is 0 Å². The maximum Gasteiger partial charge on any atom is 0.254 e. The Morgan fingerprint density at radius 1 is 1.43 bits per heavy atom. The van der Waals surface area contributed by atoms with E-state index in [1.54, 1.807) is 31.1 Å². The summed E-state index contributed by atoms with van der Waals surface area (Å²) < 4.78 is 0. The van der Waals surface area contributed by atoms with Crippen molar-refractivity contribution < 1.29 is 10.0 Å². The summed E-state index contributed by atoms with van der Waals surface area (Å²) in [6.45, 7) is 2.16. The minimum Gasteiger partial charge on any atom is -0.409 e. The number of hydrogen-bond acceptors (Lipinski definition) is 4. The van der Waals surface area contributed by atoms with Gasteiger partial charge in [0.1, 0.15) is 5.84 Å². The topological polar surface area (TPSA) is 91.8 Å². The van der Waals surface area contributed by atoms with Gasteiger partial charge in [0.15, 0.2) is 0 Å². The number of carbonyl (C=O) groups excluding carboxylic acids is 1. The Bertz CT molecular complexity index is 679. The van der Waals surface area contributed by atoms with Gasteiger partial charge in [-0.05, 0) is 12.1 Å². The Morgan fingerprint density at radius 2 is 2.14 bits per heavy atom. The van der Waals surface area contributed by atoms with Crippen LogP contribution in [0.1, 0.15) is 17.3 Å². The van der Waals surface area contributed by atoms with E-state index in [-0.39, 0.29) is 17.7 Å². The first-order chi connectivity index (χ1) is 10.0. The second-order valence-corrected chi connectivity index (χ2v) is 4.99. The zero-order valence-corrected chi connectivity index (χ0v) is 12.0. The first-order valence-electron chi connectivity index (χ1n) is 6.61. The van der Waals surface area contributed by atoms with Crippen LogP contribution in [0.5, 0.6) is 0 Å². The van der Waals surface area contributed by atoms with Crippen molar-refractivity contribution in [1.29, 1.82) is 0 Å². The van der Waals surface area contributed by atoms with E-state index >= 15 is 0 Å². The van der Waals surface area contributed by atoms with Crippen LogP contribution in [-0.2, 0) is 0 Å². The molecular weight excluding hydrogens is 268 g/mol. The van der Waals surface area contributed by atoms with Crippen LogP contribution >= 0.6 is 0 Å². The zero-order chi connectivity index (χ0) is 15.4. The number of benzene rings is 1. The minimum absolute atomic E-state index is 0.106. The van der Waals surface area contributed by atoms with Crippen LogP contribution < -0.4 is 5.73 Å². The van der Waals surface area contributed by atoms with Gasteiger partial charge in [-0.2, -0.15) is 0 Å². The molecule has 6 heteroatoms. The summed E-state index contributed by atoms with van der Waals surface area (Å²) in [5.74, 6) is -0.238. The number of para-hydroxylation sites is 1. The second-order valence-electron chi connectivity index (χ2n) is 4.99. The van der Waals surface area contributed by atoms with E-state index in [2.05, 4.69) is 10.1 Å². The first-order valence-corrected chi connectivity index (χ1v) is 6.61. The minimum atomic E-state index is -0.225. The first kappa shape index (κ1) is 14.8. The van der Waals surface area contributed by atoms with Crippen LogP contribution in [0.2, 0.25) is 0 Å². The van der Waals surface area contributed by atoms with Crippen molar-refractivity contribution >= 4 is 22.6 Å². The van der Waals surface area contributed by atoms with Crippen LogP contribution in [-0.4, -0.2) is 40.4 Å². The van der Waals surface area contributed by atoms with E-state index in [1.807, 2.05) is 24.3 Å². The lowest BCUT2D eigenvalue weighted by Crippen LogP contribution is -2.36. The van der Waals surface area contributed by atoms with Crippen molar-refractivity contribution in [3.8, 4) is 0 Å². The van der Waals surface area contributed by atoms with Crippen molar-refractivity contribution in [3.05, 3.63) is 42.1 Å². The Hall–Kier alpha value is -2.63. The van der Waals surface area contributed by atoms with Crippen LogP contribution in [0.15, 0.2) is 41.7 Å². The number of fused-ring (bicyclic) bond motifs is 1. The highest BCUT2D eigenvalue weighted by atomic mass is 16.4. The molecule has 0 aliphatic heterocycles. The van der Waals surface area contributed by atoms with Crippen molar-refractivity contribution in [2.75, 3.05) is 13.6 Å². The second kappa shape index (κ2) is 6.21. The van der Waals surface area contributed by atoms with E-state index in [0.29, 0.717) is 12.1 Å². The number of nitrogens with zero attached hydrogens (tertiary/aromatic N) is 3. The molecule has 0 aliphatic carbocycles. The lowest BCUT2D eigenvalue weighted by Gasteiger charge is -2.21. The molecule has 6 nitrogen and oxygen atoms in total. The van der Waals surface area contributed by atoms with Crippen molar-refractivity contribution in [2.45, 2.75) is 6.92 Å². The van der Waals surface area contributed by atoms with Gasteiger partial charge in [-0.25, -0.2) is 0 Å². The Labute approximate surface area is 122 Å². The van der Waals surface area contributed by atoms with Gasteiger partial charge in [0.2, 0.25) is 0 Å². The normalized spacial score (nSPS) is 13.1. The molecule has 1 unspecified atom stereocenters. The van der Waals surface area contributed by atoms with Gasteiger partial charge < -0.3 is 15.8 Å². The Morgan fingerprint density at radius 3 is 2.86 bits per heavy atom. The molecule has 0 fully saturated rings. The predicted molar refractivity (Wildman–Crippen MR) is 81.3 cm³/mol. The van der Waals surface area contributed by atoms with Gasteiger partial charge in [-0.1, -0.05) is 30.3 Å². The molecule has 1 aromatic carbocycles. The van der Waals surface area contributed by atoms with Gasteiger partial charge in [0.05, 0.1) is 11.1 Å². The van der Waals surface area contributed by atoms with E-state index < -0.39 is 0 Å². The maximum atomic E-state index is 12.6. The standard InChI is InChI=1S/C15H18N4O2/c1-10(14(16)18-21)9-19(2)15(20)12-7-8-17-13-6-4-3-5-11(12)13/h3-8,10,21H,9H2,1-2H3,(H2,16,18). The summed E-state index contributed by atoms with van der Waals surface area (Å²) in [4.78, 5) is 18.4. The molecule has 0 spiro atoms. The highest BCUT2D eigenvalue weighted by molar-refractivity contribution is 6.06. The summed E-state index contributed by atoms with van der Waals surface area (Å²) in [5, 5.41) is 12.4. The van der Waals surface area contributed by atoms with Crippen molar-refractivity contribution in [3.63, 3.8) is 0 Å². The maximum absolute atomic E-state index is 12.6. The monoisotopic (exact) mass is 286 g/mol. The van der Waals surface area contributed by atoms with E-state index in [9.17, 15) is 4.79 Å². The van der Waals surface area contributed by atoms with Gasteiger partial charge in [0, 0.05) is 31.1 Å². The average Bonchev–Trinajstić information content (AvgIpc) is 2.52. The molecule has 3 N–H and O–H groups in total. The summed E-state index contributed by atoms with van der Waals surface area (Å²) in [5.41, 5.74) is 6.92. The number of hydrogen-bond donors (Lipinski definition) is 2. The van der Waals surface area contributed by atoms with Gasteiger partial charge in [-0.3, -0.25) is 9.78 Å². The summed E-state index contributed by atoms with van der Waals surface area (Å²) in [7, 11) is 1.69. The van der Waals surface area contributed by atoms with Gasteiger partial charge >= 0.3 is 0 Å². The molecule has 0 saturated heterocycles. The number of pyridine rings is 1. The number of nitrogens with two attached hydrogens (primary N) is 1. The number of aromatic nitrogens is 1. The quantitative estimate of drug-likeness (QED) is 0.387. The van der Waals surface area contributed by atoms with Crippen molar-refractivity contribution in [1.82, 2.24) is 9.88 Å². The van der Waals surface area contributed by atoms with Crippen LogP contribution in [0.4, 0.5) is 0 Å². The fraction of sp³-hybridized carbons (Fsp3) is 0.267. The fourth-order valence-electron chi connectivity index (χ4n) is 2.17. The average molecular weight is 286 g/mol. The number of amidine groups is 1. The molecule has 1 heterocycles. The number of rotatable bonds is 4. The molecule has 0 bridgehead atoms. The SMILES string of the molecule is CC(CN(C)C(=O)c1ccnc2ccccc12)/C(N)=N/O. The smallest absolute Gasteiger partial charge is 0.254 e. The van der Waals surface area contributed by atoms with E-state index in [4.69, 9.17) is 10.9 Å².